The van der Waals surface area contributed by atoms with Crippen molar-refractivity contribution in [3.05, 3.63) is 35.4 Å². The van der Waals surface area contributed by atoms with E-state index in [0.717, 1.165) is 36.8 Å². The largest absolute Gasteiger partial charge is 0.444 e. The summed E-state index contributed by atoms with van der Waals surface area (Å²) >= 11 is 0. The van der Waals surface area contributed by atoms with E-state index in [4.69, 9.17) is 14.2 Å². The van der Waals surface area contributed by atoms with E-state index < -0.39 is 74.9 Å². The smallest absolute Gasteiger partial charge is 0.433 e. The summed E-state index contributed by atoms with van der Waals surface area (Å²) in [5.41, 5.74) is 0.597. The molecule has 15 nitrogen and oxygen atoms in total. The Labute approximate surface area is 303 Å². The summed E-state index contributed by atoms with van der Waals surface area (Å²) in [5.74, 6) is -2.99. The Hall–Kier alpha value is -4.05. The maximum Gasteiger partial charge on any atom is 0.433 e. The molecule has 0 spiro atoms. The van der Waals surface area contributed by atoms with Crippen molar-refractivity contribution in [3.8, 4) is 0 Å². The summed E-state index contributed by atoms with van der Waals surface area (Å²) in [6.07, 6.45) is 5.42. The Kier molecular flexibility index (Phi) is 10.6. The first-order valence-corrected chi connectivity index (χ1v) is 20.1. The fourth-order valence-corrected chi connectivity index (χ4v) is 9.26. The van der Waals surface area contributed by atoms with Crippen LogP contribution >= 0.6 is 0 Å². The van der Waals surface area contributed by atoms with Crippen molar-refractivity contribution in [2.75, 3.05) is 19.8 Å². The Morgan fingerprint density at radius 3 is 2.35 bits per heavy atom. The summed E-state index contributed by atoms with van der Waals surface area (Å²) in [6.45, 7) is 1.43. The molecule has 3 saturated heterocycles. The molecule has 5 amide bonds. The summed E-state index contributed by atoms with van der Waals surface area (Å²) in [6, 6.07) is 6.58. The van der Waals surface area contributed by atoms with Gasteiger partial charge in [0.2, 0.25) is 21.8 Å². The first-order valence-electron chi connectivity index (χ1n) is 18.6. The van der Waals surface area contributed by atoms with Gasteiger partial charge in [0.25, 0.3) is 5.91 Å². The normalized spacial score (nSPS) is 31.1. The molecule has 7 rings (SSSR count). The molecule has 0 aromatic heterocycles. The van der Waals surface area contributed by atoms with Crippen LogP contribution in [0.15, 0.2) is 29.3 Å². The van der Waals surface area contributed by atoms with Gasteiger partial charge in [0.15, 0.2) is 0 Å². The Balaban J connectivity index is 1.12. The second-order valence-electron chi connectivity index (χ2n) is 15.0. The first-order chi connectivity index (χ1) is 25.0. The second kappa shape index (κ2) is 15.1. The zero-order chi connectivity index (χ0) is 36.5. The predicted octanol–water partition coefficient (Wildman–Crippen LogP) is 2.95. The van der Waals surface area contributed by atoms with Crippen LogP contribution in [-0.2, 0) is 51.7 Å². The van der Waals surface area contributed by atoms with Gasteiger partial charge < -0.3 is 24.4 Å². The molecule has 2 N–H and O–H groups in total. The molecule has 0 bridgehead atoms. The van der Waals surface area contributed by atoms with Gasteiger partial charge >= 0.3 is 12.2 Å². The molecular formula is C36H47N5O10S. The van der Waals surface area contributed by atoms with E-state index in [1.54, 1.807) is 4.90 Å². The molecule has 0 radical (unpaired) electrons. The van der Waals surface area contributed by atoms with Gasteiger partial charge in [0, 0.05) is 32.1 Å². The lowest BCUT2D eigenvalue weighted by Gasteiger charge is -2.28. The summed E-state index contributed by atoms with van der Waals surface area (Å²) < 4.78 is 44.3. The zero-order valence-electron chi connectivity index (χ0n) is 29.2. The highest BCUT2D eigenvalue weighted by Crippen LogP contribution is 2.48. The quantitative estimate of drug-likeness (QED) is 0.410. The van der Waals surface area contributed by atoms with Crippen molar-refractivity contribution < 1.29 is 46.6 Å². The number of carbonyl (C=O) groups excluding carboxylic acids is 5. The van der Waals surface area contributed by atoms with Gasteiger partial charge in [0.1, 0.15) is 23.8 Å². The number of rotatable bonds is 6. The molecule has 2 aliphatic carbocycles. The SMILES string of the molecule is O=C(N=CC1CCCCCCC[C@@H]2C[C@@]2(C(=O)NS(=O)(=O)C2CC2)NC(=O)[C@@H]2C[C@@H](OC(=O)N3Cc4ccccc4C3)CN2C1=O)O[C@H]1CCOC1. The first kappa shape index (κ1) is 36.3. The fourth-order valence-electron chi connectivity index (χ4n) is 7.90. The highest BCUT2D eigenvalue weighted by molar-refractivity contribution is 7.91. The molecule has 1 unspecified atom stereocenters. The Bertz CT molecular complexity index is 1680. The van der Waals surface area contributed by atoms with Crippen molar-refractivity contribution in [1.29, 1.82) is 0 Å². The number of carbonyl (C=O) groups is 5. The van der Waals surface area contributed by atoms with Gasteiger partial charge in [-0.05, 0) is 49.1 Å². The number of sulfonamides is 1. The number of amides is 5. The molecule has 6 aliphatic rings. The van der Waals surface area contributed by atoms with Crippen LogP contribution < -0.4 is 10.0 Å². The van der Waals surface area contributed by atoms with Crippen molar-refractivity contribution in [3.63, 3.8) is 0 Å². The van der Waals surface area contributed by atoms with E-state index in [9.17, 15) is 32.4 Å². The summed E-state index contributed by atoms with van der Waals surface area (Å²) in [4.78, 5) is 75.1. The van der Waals surface area contributed by atoms with Crippen LogP contribution in [0.2, 0.25) is 0 Å². The molecular weight excluding hydrogens is 694 g/mol. The average Bonchev–Trinajstić information content (AvgIpc) is 3.90. The minimum absolute atomic E-state index is 0.0274. The molecule has 4 aliphatic heterocycles. The number of ether oxygens (including phenoxy) is 3. The minimum Gasteiger partial charge on any atom is -0.444 e. The lowest BCUT2D eigenvalue weighted by molar-refractivity contribution is -0.141. The van der Waals surface area contributed by atoms with Gasteiger partial charge in [-0.2, -0.15) is 4.99 Å². The number of fused-ring (bicyclic) bond motifs is 3. The molecule has 4 heterocycles. The van der Waals surface area contributed by atoms with Crippen LogP contribution in [0.5, 0.6) is 0 Å². The van der Waals surface area contributed by atoms with Crippen LogP contribution in [0.4, 0.5) is 9.59 Å². The second-order valence-corrected chi connectivity index (χ2v) is 17.0. The molecule has 1 aromatic carbocycles. The summed E-state index contributed by atoms with van der Waals surface area (Å²) in [5, 5.41) is 2.26. The van der Waals surface area contributed by atoms with Crippen LogP contribution in [0, 0.1) is 11.8 Å². The third kappa shape index (κ3) is 8.12. The molecule has 52 heavy (non-hydrogen) atoms. The number of aliphatic imine (C=N–C) groups is 1. The Morgan fingerprint density at radius 2 is 1.65 bits per heavy atom. The standard InChI is InChI=1S/C36H47N5O10S/c42-31-30-16-28(51-35(46)40-19-24-9-6-7-10-25(24)20-40)21-41(30)32(43)23(18-37-34(45)50-27-14-15-49-22-27)8-4-2-1-3-5-11-26-17-36(26,38-31)33(44)39-52(47,48)29-12-13-29/h6-7,9-10,18,23,26-30H,1-5,8,11-17,19-22H2,(H,38,42)(H,39,44)/t23?,26-,27+,28-,30+,36-/m1/s1. The fraction of sp³-hybridized carbons (Fsp3) is 0.667. The van der Waals surface area contributed by atoms with Crippen LogP contribution in [0.3, 0.4) is 0 Å². The third-order valence-corrected chi connectivity index (χ3v) is 13.0. The van der Waals surface area contributed by atoms with Crippen molar-refractivity contribution in [1.82, 2.24) is 19.8 Å². The molecule has 6 atom stereocenters. The number of benzene rings is 1. The van der Waals surface area contributed by atoms with Crippen LogP contribution in [0.25, 0.3) is 0 Å². The topological polar surface area (TPSA) is 190 Å². The average molecular weight is 742 g/mol. The maximum absolute atomic E-state index is 14.4. The van der Waals surface area contributed by atoms with Crippen molar-refractivity contribution in [2.45, 2.75) is 119 Å². The lowest BCUT2D eigenvalue weighted by atomic mass is 9.99. The van der Waals surface area contributed by atoms with Crippen LogP contribution in [0.1, 0.15) is 88.2 Å². The number of hydrogen-bond acceptors (Lipinski definition) is 10. The van der Waals surface area contributed by atoms with Crippen LogP contribution in [-0.4, -0.2) is 103 Å². The molecule has 282 valence electrons. The van der Waals surface area contributed by atoms with Gasteiger partial charge in [0.05, 0.1) is 30.9 Å². The number of hydrogen-bond donors (Lipinski definition) is 2. The van der Waals surface area contributed by atoms with E-state index in [1.165, 1.54) is 11.1 Å². The van der Waals surface area contributed by atoms with Gasteiger partial charge in [-0.15, -0.1) is 0 Å². The minimum atomic E-state index is -3.87. The van der Waals surface area contributed by atoms with E-state index in [-0.39, 0.29) is 31.9 Å². The molecule has 1 aromatic rings. The monoisotopic (exact) mass is 741 g/mol. The van der Waals surface area contributed by atoms with Crippen molar-refractivity contribution in [2.24, 2.45) is 16.8 Å². The maximum atomic E-state index is 14.4. The van der Waals surface area contributed by atoms with Gasteiger partial charge in [-0.25, -0.2) is 18.0 Å². The molecule has 2 saturated carbocycles. The molecule has 16 heteroatoms. The van der Waals surface area contributed by atoms with E-state index in [0.29, 0.717) is 58.2 Å². The lowest BCUT2D eigenvalue weighted by Crippen LogP contribution is -2.57. The van der Waals surface area contributed by atoms with E-state index in [2.05, 4.69) is 15.0 Å². The van der Waals surface area contributed by atoms with E-state index >= 15 is 0 Å². The van der Waals surface area contributed by atoms with Gasteiger partial charge in [-0.1, -0.05) is 56.4 Å². The molecule has 5 fully saturated rings. The Morgan fingerprint density at radius 1 is 0.942 bits per heavy atom. The van der Waals surface area contributed by atoms with Crippen molar-refractivity contribution >= 4 is 46.1 Å². The highest BCUT2D eigenvalue weighted by Gasteiger charge is 2.62. The van der Waals surface area contributed by atoms with Gasteiger partial charge in [-0.3, -0.25) is 24.0 Å². The third-order valence-electron chi connectivity index (χ3n) is 11.2. The summed E-state index contributed by atoms with van der Waals surface area (Å²) in [7, 11) is -3.87. The van der Waals surface area contributed by atoms with E-state index in [1.807, 2.05) is 24.3 Å². The number of nitrogens with one attached hydrogen (secondary N) is 2. The number of nitrogens with zero attached hydrogens (tertiary/aromatic N) is 3. The predicted molar refractivity (Wildman–Crippen MR) is 185 cm³/mol. The highest BCUT2D eigenvalue weighted by atomic mass is 32.2. The zero-order valence-corrected chi connectivity index (χ0v) is 30.0.